The van der Waals surface area contributed by atoms with E-state index in [9.17, 15) is 9.59 Å². The van der Waals surface area contributed by atoms with E-state index in [0.29, 0.717) is 40.9 Å². The Morgan fingerprint density at radius 3 is 2.27 bits per heavy atom. The van der Waals surface area contributed by atoms with Crippen LogP contribution in [0.15, 0.2) is 58.2 Å². The van der Waals surface area contributed by atoms with Crippen LogP contribution in [0.2, 0.25) is 0 Å². The molecule has 3 fully saturated rings. The first-order valence-electron chi connectivity index (χ1n) is 17.2. The molecule has 3 heterocycles. The summed E-state index contributed by atoms with van der Waals surface area (Å²) in [5.74, 6) is 2.76. The zero-order valence-corrected chi connectivity index (χ0v) is 27.8. The lowest BCUT2D eigenvalue weighted by Gasteiger charge is -2.72. The third-order valence-corrected chi connectivity index (χ3v) is 13.9. The number of ether oxygens (including phenoxy) is 2. The van der Waals surface area contributed by atoms with Gasteiger partial charge in [-0.05, 0) is 91.6 Å². The molecular weight excluding hydrogens is 548 g/mol. The second-order valence-electron chi connectivity index (χ2n) is 16.0. The van der Waals surface area contributed by atoms with Gasteiger partial charge in [0.25, 0.3) is 11.1 Å². The van der Waals surface area contributed by atoms with Gasteiger partial charge in [0.2, 0.25) is 0 Å². The third kappa shape index (κ3) is 3.73. The van der Waals surface area contributed by atoms with E-state index in [-0.39, 0.29) is 46.7 Å². The van der Waals surface area contributed by atoms with E-state index in [1.54, 1.807) is 7.11 Å². The van der Waals surface area contributed by atoms with Crippen molar-refractivity contribution in [1.82, 2.24) is 9.36 Å². The van der Waals surface area contributed by atoms with Crippen LogP contribution in [-0.4, -0.2) is 29.4 Å². The Hall–Kier alpha value is -2.44. The standard InChI is InChI=1S/C38H52N2O4/c1-24(2)25(3)12-13-26(4)30-14-15-31-35(30,5)18-17-32-36(6)19-16-27(44-23-43-7)22-37(36)20-21-38(31,32)40-34(42)29-11-9-8-10-28(29)33(41)39(37)40/h8-13,20-21,24-27,30-32H,14-19,22-23H2,1-7H3/b13-12+/t25-,26+,27?,30+,31+,32+,35+,36+,37?,38+/m0/s1. The Bertz CT molecular complexity index is 1640. The van der Waals surface area contributed by atoms with Crippen molar-refractivity contribution in [1.29, 1.82) is 0 Å². The van der Waals surface area contributed by atoms with E-state index in [1.807, 2.05) is 33.6 Å². The summed E-state index contributed by atoms with van der Waals surface area (Å²) in [7, 11) is 1.65. The zero-order valence-electron chi connectivity index (χ0n) is 27.8. The van der Waals surface area contributed by atoms with Crippen molar-refractivity contribution in [2.75, 3.05) is 13.9 Å². The molecular formula is C38H52N2O4. The van der Waals surface area contributed by atoms with Gasteiger partial charge >= 0.3 is 0 Å². The first kappa shape index (κ1) is 30.2. The van der Waals surface area contributed by atoms with E-state index in [4.69, 9.17) is 9.47 Å². The van der Waals surface area contributed by atoms with Gasteiger partial charge in [-0.25, -0.2) is 9.36 Å². The minimum absolute atomic E-state index is 0.0117. The second kappa shape index (κ2) is 10.3. The summed E-state index contributed by atoms with van der Waals surface area (Å²) in [6, 6.07) is 7.48. The van der Waals surface area contributed by atoms with Crippen LogP contribution in [0.4, 0.5) is 0 Å². The predicted octanol–water partition coefficient (Wildman–Crippen LogP) is 7.24. The van der Waals surface area contributed by atoms with Crippen LogP contribution in [0.25, 0.3) is 10.8 Å². The molecule has 10 atom stereocenters. The maximum absolute atomic E-state index is 14.9. The summed E-state index contributed by atoms with van der Waals surface area (Å²) in [5, 5.41) is 1.07. The number of rotatable bonds is 7. The summed E-state index contributed by atoms with van der Waals surface area (Å²) in [6.45, 7) is 14.5. The van der Waals surface area contributed by atoms with Crippen LogP contribution in [0, 0.1) is 46.3 Å². The Morgan fingerprint density at radius 2 is 1.59 bits per heavy atom. The lowest BCUT2D eigenvalue weighted by molar-refractivity contribution is -0.211. The highest BCUT2D eigenvalue weighted by atomic mass is 16.7. The number of aromatic nitrogens is 2. The molecule has 3 saturated carbocycles. The molecule has 6 heteroatoms. The summed E-state index contributed by atoms with van der Waals surface area (Å²) >= 11 is 0. The molecule has 4 aliphatic carbocycles. The quantitative estimate of drug-likeness (QED) is 0.248. The SMILES string of the molecule is COCOC1CC[C@]2(C)[C@H]3CC[C@]4(C)[C@@H]([C@H](C)/C=C/[C@H](C)C(C)C)CC[C@H]4[C@]34C=CC2(C1)n1c(=O)c2ccccc2c(=O)n14. The largest absolute Gasteiger partial charge is 0.359 e. The van der Waals surface area contributed by atoms with Gasteiger partial charge in [0.05, 0.1) is 28.0 Å². The van der Waals surface area contributed by atoms with Crippen molar-refractivity contribution >= 4 is 10.8 Å². The average Bonchev–Trinajstić information content (AvgIpc) is 3.38. The van der Waals surface area contributed by atoms with E-state index in [2.05, 4.69) is 65.8 Å². The number of nitrogens with zero attached hydrogens (tertiary/aromatic N) is 2. The van der Waals surface area contributed by atoms with E-state index >= 15 is 0 Å². The highest BCUT2D eigenvalue weighted by molar-refractivity contribution is 5.80. The van der Waals surface area contributed by atoms with E-state index in [1.165, 1.54) is 6.42 Å². The second-order valence-corrected chi connectivity index (χ2v) is 16.0. The predicted molar refractivity (Wildman–Crippen MR) is 176 cm³/mol. The number of benzene rings is 1. The Balaban J connectivity index is 1.43. The van der Waals surface area contributed by atoms with Gasteiger partial charge in [-0.3, -0.25) is 9.59 Å². The number of methoxy groups -OCH3 is 1. The minimum Gasteiger partial charge on any atom is -0.359 e. The molecule has 6 nitrogen and oxygen atoms in total. The highest BCUT2D eigenvalue weighted by Crippen LogP contribution is 2.74. The molecule has 1 aromatic heterocycles. The molecule has 2 aliphatic heterocycles. The smallest absolute Gasteiger partial charge is 0.274 e. The van der Waals surface area contributed by atoms with Crippen molar-refractivity contribution < 1.29 is 9.47 Å². The lowest BCUT2D eigenvalue weighted by atomic mass is 9.40. The highest BCUT2D eigenvalue weighted by Gasteiger charge is 2.74. The van der Waals surface area contributed by atoms with Crippen molar-refractivity contribution in [3.05, 3.63) is 69.3 Å². The molecule has 44 heavy (non-hydrogen) atoms. The van der Waals surface area contributed by atoms with Gasteiger partial charge in [0.1, 0.15) is 6.79 Å². The molecule has 0 amide bonds. The van der Waals surface area contributed by atoms with Gasteiger partial charge in [0.15, 0.2) is 0 Å². The zero-order chi connectivity index (χ0) is 31.2. The van der Waals surface area contributed by atoms with Crippen molar-refractivity contribution in [2.24, 2.45) is 46.3 Å². The van der Waals surface area contributed by atoms with Crippen LogP contribution in [0.1, 0.15) is 86.5 Å². The normalized spacial score (nSPS) is 40.2. The summed E-state index contributed by atoms with van der Waals surface area (Å²) in [5.41, 5.74) is -1.28. The molecule has 1 aromatic carbocycles. The van der Waals surface area contributed by atoms with Gasteiger partial charge in [-0.15, -0.1) is 0 Å². The molecule has 2 aromatic rings. The fourth-order valence-corrected chi connectivity index (χ4v) is 11.4. The van der Waals surface area contributed by atoms with Crippen LogP contribution in [0.5, 0.6) is 0 Å². The first-order valence-corrected chi connectivity index (χ1v) is 17.2. The molecule has 6 aliphatic rings. The molecule has 0 radical (unpaired) electrons. The molecule has 8 rings (SSSR count). The third-order valence-electron chi connectivity index (χ3n) is 13.9. The van der Waals surface area contributed by atoms with Crippen LogP contribution in [-0.2, 0) is 20.6 Å². The topological polar surface area (TPSA) is 62.5 Å². The Morgan fingerprint density at radius 1 is 0.886 bits per heavy atom. The number of hydrogen-bond donors (Lipinski definition) is 0. The molecule has 238 valence electrons. The Kier molecular flexibility index (Phi) is 7.07. The van der Waals surface area contributed by atoms with Gasteiger partial charge in [-0.2, -0.15) is 0 Å². The fraction of sp³-hybridized carbons (Fsp3) is 0.684. The van der Waals surface area contributed by atoms with Crippen molar-refractivity contribution in [3.8, 4) is 0 Å². The van der Waals surface area contributed by atoms with Crippen molar-refractivity contribution in [3.63, 3.8) is 0 Å². The maximum atomic E-state index is 14.9. The molecule has 2 unspecified atom stereocenters. The molecule has 0 N–H and O–H groups in total. The van der Waals surface area contributed by atoms with Crippen molar-refractivity contribution in [2.45, 2.75) is 104 Å². The molecule has 2 bridgehead atoms. The van der Waals surface area contributed by atoms with Gasteiger partial charge in [-0.1, -0.05) is 78.0 Å². The summed E-state index contributed by atoms with van der Waals surface area (Å²) in [6.07, 6.45) is 16.7. The Labute approximate surface area is 262 Å². The number of allylic oxidation sites excluding steroid dienone is 4. The first-order chi connectivity index (χ1) is 21.0. The number of fused-ring (bicyclic) bond motifs is 2. The average molecular weight is 601 g/mol. The monoisotopic (exact) mass is 600 g/mol. The summed E-state index contributed by atoms with van der Waals surface area (Å²) in [4.78, 5) is 29.6. The van der Waals surface area contributed by atoms with Crippen LogP contribution < -0.4 is 11.1 Å². The van der Waals surface area contributed by atoms with E-state index in [0.717, 1.165) is 32.1 Å². The van der Waals surface area contributed by atoms with Crippen LogP contribution in [0.3, 0.4) is 0 Å². The van der Waals surface area contributed by atoms with Crippen LogP contribution >= 0.6 is 0 Å². The maximum Gasteiger partial charge on any atom is 0.274 e. The van der Waals surface area contributed by atoms with E-state index < -0.39 is 11.1 Å². The minimum atomic E-state index is -0.620. The fourth-order valence-electron chi connectivity index (χ4n) is 11.4. The van der Waals surface area contributed by atoms with Gasteiger partial charge in [0, 0.05) is 18.9 Å². The number of hydrogen-bond acceptors (Lipinski definition) is 4. The van der Waals surface area contributed by atoms with Gasteiger partial charge < -0.3 is 9.47 Å². The molecule has 0 saturated heterocycles. The lowest BCUT2D eigenvalue weighted by Crippen LogP contribution is -2.78. The summed E-state index contributed by atoms with van der Waals surface area (Å²) < 4.78 is 15.5. The molecule has 2 spiro atoms.